The number of rotatable bonds is 9. The summed E-state index contributed by atoms with van der Waals surface area (Å²) >= 11 is 12.7. The molecule has 1 N–H and O–H groups in total. The summed E-state index contributed by atoms with van der Waals surface area (Å²) in [5, 5.41) is 2.95. The van der Waals surface area contributed by atoms with Crippen LogP contribution in [0, 0.1) is 0 Å². The number of benzene rings is 4. The second kappa shape index (κ2) is 12.8. The first kappa shape index (κ1) is 28.7. The highest BCUT2D eigenvalue weighted by atomic mass is 35.5. The molecule has 1 aliphatic heterocycles. The Hall–Kier alpha value is -4.79. The Bertz CT molecular complexity index is 1670. The number of carbonyl (C=O) groups excluding carboxylic acids is 3. The summed E-state index contributed by atoms with van der Waals surface area (Å²) in [5.74, 6) is -0.525. The van der Waals surface area contributed by atoms with Crippen molar-refractivity contribution in [1.82, 2.24) is 5.32 Å². The Morgan fingerprint density at radius 1 is 0.810 bits per heavy atom. The number of ether oxygens (including phenoxy) is 3. The molecule has 0 spiro atoms. The third kappa shape index (κ3) is 6.40. The average molecular weight is 603 g/mol. The molecule has 1 heterocycles. The number of methoxy groups -OCH3 is 1. The smallest absolute Gasteiger partial charge is 0.335 e. The monoisotopic (exact) mass is 602 g/mol. The van der Waals surface area contributed by atoms with Crippen LogP contribution in [0.1, 0.15) is 16.7 Å². The molecule has 0 aliphatic carbocycles. The zero-order valence-electron chi connectivity index (χ0n) is 22.3. The van der Waals surface area contributed by atoms with Crippen molar-refractivity contribution in [2.24, 2.45) is 0 Å². The van der Waals surface area contributed by atoms with Crippen molar-refractivity contribution >= 4 is 52.8 Å². The third-order valence-electron chi connectivity index (χ3n) is 6.34. The molecule has 5 rings (SSSR count). The van der Waals surface area contributed by atoms with Crippen LogP contribution in [-0.2, 0) is 22.8 Å². The van der Waals surface area contributed by atoms with Gasteiger partial charge in [-0.15, -0.1) is 0 Å². The van der Waals surface area contributed by atoms with Crippen LogP contribution in [0.25, 0.3) is 6.08 Å². The highest BCUT2D eigenvalue weighted by Crippen LogP contribution is 2.38. The molecule has 0 bridgehead atoms. The molecule has 4 aromatic rings. The topological polar surface area (TPSA) is 94.2 Å². The van der Waals surface area contributed by atoms with Crippen LogP contribution in [0.4, 0.5) is 10.5 Å². The van der Waals surface area contributed by atoms with Gasteiger partial charge in [-0.2, -0.15) is 0 Å². The van der Waals surface area contributed by atoms with E-state index >= 15 is 0 Å². The summed E-state index contributed by atoms with van der Waals surface area (Å²) in [7, 11) is 1.44. The van der Waals surface area contributed by atoms with E-state index in [1.165, 1.54) is 19.3 Å². The fourth-order valence-corrected chi connectivity index (χ4v) is 4.68. The van der Waals surface area contributed by atoms with E-state index in [2.05, 4.69) is 5.32 Å². The Morgan fingerprint density at radius 3 is 2.24 bits per heavy atom. The summed E-state index contributed by atoms with van der Waals surface area (Å²) in [4.78, 5) is 39.6. The Labute approximate surface area is 252 Å². The van der Waals surface area contributed by atoms with E-state index in [1.807, 2.05) is 48.5 Å². The molecule has 0 unspecified atom stereocenters. The Kier molecular flexibility index (Phi) is 8.76. The van der Waals surface area contributed by atoms with Crippen molar-refractivity contribution in [3.05, 3.63) is 123 Å². The Morgan fingerprint density at radius 2 is 1.52 bits per heavy atom. The van der Waals surface area contributed by atoms with Gasteiger partial charge >= 0.3 is 6.03 Å². The van der Waals surface area contributed by atoms with E-state index in [0.717, 1.165) is 16.0 Å². The number of nitrogens with zero attached hydrogens (tertiary/aromatic N) is 1. The lowest BCUT2D eigenvalue weighted by molar-refractivity contribution is -0.122. The molecule has 42 heavy (non-hydrogen) atoms. The number of hydrogen-bond donors (Lipinski definition) is 1. The van der Waals surface area contributed by atoms with Crippen molar-refractivity contribution in [3.8, 4) is 17.2 Å². The first-order valence-corrected chi connectivity index (χ1v) is 13.5. The van der Waals surface area contributed by atoms with Crippen LogP contribution in [0.5, 0.6) is 17.2 Å². The maximum absolute atomic E-state index is 13.4. The van der Waals surface area contributed by atoms with E-state index in [0.29, 0.717) is 22.9 Å². The predicted molar refractivity (Wildman–Crippen MR) is 160 cm³/mol. The quantitative estimate of drug-likeness (QED) is 0.167. The average Bonchev–Trinajstić information content (AvgIpc) is 2.99. The molecule has 1 fully saturated rings. The fourth-order valence-electron chi connectivity index (χ4n) is 4.22. The SMILES string of the molecule is COc1cc(/C=C2\C(=O)NC(=O)N(c3ccc(OCc4ccccc4)cc3)C2=O)cc(Cl)c1OCc1ccccc1Cl. The van der Waals surface area contributed by atoms with E-state index in [4.69, 9.17) is 37.4 Å². The molecule has 1 saturated heterocycles. The number of urea groups is 1. The molecule has 8 nitrogen and oxygen atoms in total. The van der Waals surface area contributed by atoms with Gasteiger partial charge in [0.25, 0.3) is 11.8 Å². The van der Waals surface area contributed by atoms with Crippen LogP contribution in [0.3, 0.4) is 0 Å². The van der Waals surface area contributed by atoms with Gasteiger partial charge in [-0.1, -0.05) is 71.7 Å². The fraction of sp³-hybridized carbons (Fsp3) is 0.0938. The van der Waals surface area contributed by atoms with Crippen molar-refractivity contribution in [1.29, 1.82) is 0 Å². The number of amides is 4. The predicted octanol–water partition coefficient (Wildman–Crippen LogP) is 6.83. The largest absolute Gasteiger partial charge is 0.493 e. The van der Waals surface area contributed by atoms with E-state index in [-0.39, 0.29) is 34.4 Å². The molecule has 0 radical (unpaired) electrons. The highest BCUT2D eigenvalue weighted by molar-refractivity contribution is 6.39. The normalized spacial score (nSPS) is 14.1. The zero-order chi connectivity index (χ0) is 29.6. The first-order valence-electron chi connectivity index (χ1n) is 12.8. The second-order valence-electron chi connectivity index (χ2n) is 9.14. The molecule has 0 atom stereocenters. The van der Waals surface area contributed by atoms with Gasteiger partial charge in [0.1, 0.15) is 24.5 Å². The lowest BCUT2D eigenvalue weighted by atomic mass is 10.1. The minimum Gasteiger partial charge on any atom is -0.493 e. The van der Waals surface area contributed by atoms with E-state index in [9.17, 15) is 14.4 Å². The van der Waals surface area contributed by atoms with Crippen molar-refractivity contribution < 1.29 is 28.6 Å². The number of halogens is 2. The maximum Gasteiger partial charge on any atom is 0.335 e. The van der Waals surface area contributed by atoms with Gasteiger partial charge in [-0.3, -0.25) is 14.9 Å². The van der Waals surface area contributed by atoms with Crippen LogP contribution in [-0.4, -0.2) is 25.0 Å². The molecule has 4 amide bonds. The lowest BCUT2D eigenvalue weighted by Gasteiger charge is -2.26. The Balaban J connectivity index is 1.35. The van der Waals surface area contributed by atoms with Gasteiger partial charge in [0.05, 0.1) is 17.8 Å². The lowest BCUT2D eigenvalue weighted by Crippen LogP contribution is -2.54. The van der Waals surface area contributed by atoms with Crippen molar-refractivity contribution in [2.75, 3.05) is 12.0 Å². The van der Waals surface area contributed by atoms with Crippen molar-refractivity contribution in [2.45, 2.75) is 13.2 Å². The number of hydrogen-bond acceptors (Lipinski definition) is 6. The molecule has 4 aromatic carbocycles. The summed E-state index contributed by atoms with van der Waals surface area (Å²) in [6, 6.07) is 25.5. The van der Waals surface area contributed by atoms with Crippen LogP contribution >= 0.6 is 23.2 Å². The molecule has 10 heteroatoms. The molecular formula is C32H24Cl2N2O6. The van der Waals surface area contributed by atoms with Gasteiger partial charge in [-0.25, -0.2) is 9.69 Å². The molecule has 0 aromatic heterocycles. The minimum atomic E-state index is -0.862. The van der Waals surface area contributed by atoms with Gasteiger partial charge in [0.2, 0.25) is 0 Å². The minimum absolute atomic E-state index is 0.143. The van der Waals surface area contributed by atoms with Crippen LogP contribution in [0.2, 0.25) is 10.0 Å². The van der Waals surface area contributed by atoms with Gasteiger partial charge in [0.15, 0.2) is 11.5 Å². The van der Waals surface area contributed by atoms with Crippen LogP contribution < -0.4 is 24.4 Å². The number of barbiturate groups is 1. The summed E-state index contributed by atoms with van der Waals surface area (Å²) in [6.07, 6.45) is 1.33. The summed E-state index contributed by atoms with van der Waals surface area (Å²) < 4.78 is 17.1. The van der Waals surface area contributed by atoms with Crippen molar-refractivity contribution in [3.63, 3.8) is 0 Å². The van der Waals surface area contributed by atoms with E-state index in [1.54, 1.807) is 36.4 Å². The molecule has 1 aliphatic rings. The van der Waals surface area contributed by atoms with Gasteiger partial charge < -0.3 is 14.2 Å². The van der Waals surface area contributed by atoms with E-state index < -0.39 is 17.8 Å². The van der Waals surface area contributed by atoms with Crippen LogP contribution in [0.15, 0.2) is 96.6 Å². The highest BCUT2D eigenvalue weighted by Gasteiger charge is 2.37. The molecular weight excluding hydrogens is 579 g/mol. The second-order valence-corrected chi connectivity index (χ2v) is 9.95. The summed E-state index contributed by atoms with van der Waals surface area (Å²) in [6.45, 7) is 0.505. The number of anilines is 1. The van der Waals surface area contributed by atoms with Gasteiger partial charge in [-0.05, 0) is 59.7 Å². The standard InChI is InChI=1S/C32H24Cl2N2O6/c1-40-28-17-21(16-27(34)29(28)42-19-22-9-5-6-10-26(22)33)15-25-30(37)35-32(39)36(31(25)38)23-11-13-24(14-12-23)41-18-20-7-3-2-4-8-20/h2-17H,18-19H2,1H3,(H,35,37,39)/b25-15+. The maximum atomic E-state index is 13.4. The first-order chi connectivity index (χ1) is 20.3. The zero-order valence-corrected chi connectivity index (χ0v) is 23.8. The summed E-state index contributed by atoms with van der Waals surface area (Å²) in [5.41, 5.74) is 2.15. The number of nitrogens with one attached hydrogen (secondary N) is 1. The molecule has 212 valence electrons. The molecule has 0 saturated carbocycles. The number of carbonyl (C=O) groups is 3. The number of imide groups is 2. The van der Waals surface area contributed by atoms with Gasteiger partial charge in [0, 0.05) is 10.6 Å². The third-order valence-corrected chi connectivity index (χ3v) is 6.99.